The Kier molecular flexibility index (Phi) is 4.12. The first kappa shape index (κ1) is 19.9. The van der Waals surface area contributed by atoms with Crippen molar-refractivity contribution in [1.82, 2.24) is 15.0 Å². The fourth-order valence-corrected chi connectivity index (χ4v) is 5.88. The van der Waals surface area contributed by atoms with Crippen LogP contribution in [0.15, 0.2) is 91.0 Å². The van der Waals surface area contributed by atoms with Crippen molar-refractivity contribution in [2.24, 2.45) is 0 Å². The second kappa shape index (κ2) is 7.24. The van der Waals surface area contributed by atoms with Crippen molar-refractivity contribution in [3.63, 3.8) is 0 Å². The normalized spacial score (nSPS) is 13.7. The van der Waals surface area contributed by atoms with Crippen LogP contribution in [-0.4, -0.2) is 29.2 Å². The van der Waals surface area contributed by atoms with E-state index in [1.165, 1.54) is 44.5 Å². The molecule has 1 spiro atoms. The van der Waals surface area contributed by atoms with Crippen LogP contribution in [0.4, 0.5) is 0 Å². The molecule has 5 aromatic rings. The quantitative estimate of drug-likeness (QED) is 0.332. The Morgan fingerprint density at radius 3 is 1.46 bits per heavy atom. The van der Waals surface area contributed by atoms with Crippen LogP contribution < -0.4 is 9.47 Å². The second-order valence-electron chi connectivity index (χ2n) is 8.78. The van der Waals surface area contributed by atoms with Gasteiger partial charge in [0, 0.05) is 5.56 Å². The van der Waals surface area contributed by atoms with Crippen LogP contribution in [0.25, 0.3) is 33.6 Å². The molecule has 0 amide bonds. The lowest BCUT2D eigenvalue weighted by Gasteiger charge is -2.30. The predicted octanol–water partition coefficient (Wildman–Crippen LogP) is 5.90. The Morgan fingerprint density at radius 2 is 0.971 bits per heavy atom. The smallest absolute Gasteiger partial charge is 0.322 e. The molecule has 5 nitrogen and oxygen atoms in total. The maximum atomic E-state index is 5.31. The topological polar surface area (TPSA) is 57.1 Å². The number of hydrogen-bond donors (Lipinski definition) is 0. The van der Waals surface area contributed by atoms with E-state index < -0.39 is 5.41 Å². The molecule has 168 valence electrons. The van der Waals surface area contributed by atoms with Gasteiger partial charge in [-0.15, -0.1) is 4.98 Å². The average molecular weight is 456 g/mol. The van der Waals surface area contributed by atoms with E-state index >= 15 is 0 Å². The third-order valence-electron chi connectivity index (χ3n) is 7.21. The third kappa shape index (κ3) is 2.55. The van der Waals surface area contributed by atoms with Gasteiger partial charge in [0.1, 0.15) is 0 Å². The van der Waals surface area contributed by atoms with Gasteiger partial charge < -0.3 is 9.47 Å². The third-order valence-corrected chi connectivity index (χ3v) is 7.21. The van der Waals surface area contributed by atoms with Gasteiger partial charge in [-0.25, -0.2) is 0 Å². The van der Waals surface area contributed by atoms with E-state index in [0.717, 1.165) is 5.56 Å². The van der Waals surface area contributed by atoms with Crippen molar-refractivity contribution in [3.05, 3.63) is 113 Å². The Balaban J connectivity index is 1.57. The molecule has 0 atom stereocenters. The van der Waals surface area contributed by atoms with Gasteiger partial charge in [-0.05, 0) is 50.6 Å². The summed E-state index contributed by atoms with van der Waals surface area (Å²) in [6, 6.07) is 33.2. The molecule has 0 fully saturated rings. The summed E-state index contributed by atoms with van der Waals surface area (Å²) >= 11 is 0. The average Bonchev–Trinajstić information content (AvgIpc) is 3.40. The van der Waals surface area contributed by atoms with E-state index in [1.54, 1.807) is 14.2 Å². The fraction of sp³-hybridized carbons (Fsp3) is 0.100. The van der Waals surface area contributed by atoms with Crippen molar-refractivity contribution in [3.8, 4) is 45.7 Å². The molecule has 0 saturated carbocycles. The van der Waals surface area contributed by atoms with Crippen LogP contribution in [0.1, 0.15) is 22.3 Å². The summed E-state index contributed by atoms with van der Waals surface area (Å²) in [6.45, 7) is 0. The number of aromatic nitrogens is 3. The maximum Gasteiger partial charge on any atom is 0.322 e. The van der Waals surface area contributed by atoms with Crippen molar-refractivity contribution in [1.29, 1.82) is 0 Å². The van der Waals surface area contributed by atoms with Gasteiger partial charge in [0.05, 0.1) is 19.6 Å². The van der Waals surface area contributed by atoms with Gasteiger partial charge in [0.2, 0.25) is 0 Å². The van der Waals surface area contributed by atoms with E-state index in [4.69, 9.17) is 9.47 Å². The van der Waals surface area contributed by atoms with Crippen LogP contribution >= 0.6 is 0 Å². The maximum absolute atomic E-state index is 5.31. The van der Waals surface area contributed by atoms with Crippen molar-refractivity contribution < 1.29 is 9.47 Å². The summed E-state index contributed by atoms with van der Waals surface area (Å²) < 4.78 is 10.6. The van der Waals surface area contributed by atoms with Crippen LogP contribution in [0, 0.1) is 0 Å². The molecule has 0 N–H and O–H groups in total. The Hall–Kier alpha value is -4.51. The molecule has 0 saturated heterocycles. The summed E-state index contributed by atoms with van der Waals surface area (Å²) in [5, 5.41) is 0. The standard InChI is InChI=1S/C30H21N3O2/c1-34-28-31-27(32-29(33-28)35-2)18-15-16-22-21-11-5-8-14-25(21)30(26(22)17-18)23-12-6-3-9-19(23)20-10-4-7-13-24(20)30/h3-17H,1-2H3. The lowest BCUT2D eigenvalue weighted by Crippen LogP contribution is -2.25. The highest BCUT2D eigenvalue weighted by molar-refractivity contribution is 5.95. The number of rotatable bonds is 3. The van der Waals surface area contributed by atoms with Gasteiger partial charge in [-0.1, -0.05) is 84.9 Å². The number of fused-ring (bicyclic) bond motifs is 10. The molecule has 0 bridgehead atoms. The van der Waals surface area contributed by atoms with Crippen molar-refractivity contribution >= 4 is 0 Å². The van der Waals surface area contributed by atoms with Crippen molar-refractivity contribution in [2.45, 2.75) is 5.41 Å². The van der Waals surface area contributed by atoms with E-state index in [0.29, 0.717) is 5.82 Å². The van der Waals surface area contributed by atoms with Gasteiger partial charge in [0.25, 0.3) is 0 Å². The van der Waals surface area contributed by atoms with Gasteiger partial charge >= 0.3 is 12.0 Å². The molecule has 5 heteroatoms. The number of ether oxygens (including phenoxy) is 2. The van der Waals surface area contributed by atoms with Crippen LogP contribution in [-0.2, 0) is 5.41 Å². The largest absolute Gasteiger partial charge is 0.467 e. The second-order valence-corrected chi connectivity index (χ2v) is 8.78. The zero-order valence-electron chi connectivity index (χ0n) is 19.3. The van der Waals surface area contributed by atoms with Crippen molar-refractivity contribution in [2.75, 3.05) is 14.2 Å². The molecule has 4 aromatic carbocycles. The van der Waals surface area contributed by atoms with Crippen LogP contribution in [0.3, 0.4) is 0 Å². The molecule has 35 heavy (non-hydrogen) atoms. The lowest BCUT2D eigenvalue weighted by molar-refractivity contribution is 0.341. The molecule has 0 aliphatic heterocycles. The van der Waals surface area contributed by atoms with E-state index in [2.05, 4.69) is 106 Å². The number of methoxy groups -OCH3 is 2. The molecule has 0 radical (unpaired) electrons. The minimum absolute atomic E-state index is 0.224. The predicted molar refractivity (Wildman–Crippen MR) is 135 cm³/mol. The Bertz CT molecular complexity index is 1560. The minimum Gasteiger partial charge on any atom is -0.467 e. The highest BCUT2D eigenvalue weighted by Crippen LogP contribution is 2.62. The first-order chi connectivity index (χ1) is 17.3. The Morgan fingerprint density at radius 1 is 0.514 bits per heavy atom. The molecule has 1 aromatic heterocycles. The summed E-state index contributed by atoms with van der Waals surface area (Å²) in [5.74, 6) is 0.516. The van der Waals surface area contributed by atoms with Gasteiger partial charge in [-0.3, -0.25) is 0 Å². The first-order valence-corrected chi connectivity index (χ1v) is 11.5. The molecule has 0 unspecified atom stereocenters. The number of nitrogens with zero attached hydrogens (tertiary/aromatic N) is 3. The van der Waals surface area contributed by atoms with Crippen LogP contribution in [0.5, 0.6) is 12.0 Å². The van der Waals surface area contributed by atoms with E-state index in [9.17, 15) is 0 Å². The monoisotopic (exact) mass is 455 g/mol. The van der Waals surface area contributed by atoms with Crippen LogP contribution in [0.2, 0.25) is 0 Å². The molecular weight excluding hydrogens is 434 g/mol. The molecule has 2 aliphatic carbocycles. The molecule has 7 rings (SSSR count). The highest BCUT2D eigenvalue weighted by atomic mass is 16.5. The SMILES string of the molecule is COc1nc(OC)nc(-c2ccc3c(c2)C2(c4ccccc4-c4ccccc42)c2ccccc2-3)n1. The zero-order valence-corrected chi connectivity index (χ0v) is 19.3. The van der Waals surface area contributed by atoms with E-state index in [-0.39, 0.29) is 12.0 Å². The number of benzene rings is 4. The summed E-state index contributed by atoms with van der Waals surface area (Å²) in [5.41, 5.74) is 10.6. The Labute approximate surface area is 203 Å². The summed E-state index contributed by atoms with van der Waals surface area (Å²) in [7, 11) is 3.08. The lowest BCUT2D eigenvalue weighted by atomic mass is 9.70. The van der Waals surface area contributed by atoms with E-state index in [1.807, 2.05) is 0 Å². The van der Waals surface area contributed by atoms with Gasteiger partial charge in [0.15, 0.2) is 5.82 Å². The number of hydrogen-bond acceptors (Lipinski definition) is 5. The zero-order chi connectivity index (χ0) is 23.6. The highest BCUT2D eigenvalue weighted by Gasteiger charge is 2.51. The summed E-state index contributed by atoms with van der Waals surface area (Å²) in [6.07, 6.45) is 0. The minimum atomic E-state index is -0.406. The molecule has 2 aliphatic rings. The first-order valence-electron chi connectivity index (χ1n) is 11.5. The van der Waals surface area contributed by atoms with Gasteiger partial charge in [-0.2, -0.15) is 9.97 Å². The summed E-state index contributed by atoms with van der Waals surface area (Å²) in [4.78, 5) is 13.2. The fourth-order valence-electron chi connectivity index (χ4n) is 5.88. The molecule has 1 heterocycles. The molecular formula is C30H21N3O2.